The zero-order valence-electron chi connectivity index (χ0n) is 12.8. The molecule has 0 radical (unpaired) electrons. The largest absolute Gasteiger partial charge is 0.462 e. The highest BCUT2D eigenvalue weighted by atomic mass is 32.2. The summed E-state index contributed by atoms with van der Waals surface area (Å²) in [5, 5.41) is 0.304. The minimum Gasteiger partial charge on any atom is -0.462 e. The molecule has 1 aliphatic heterocycles. The predicted molar refractivity (Wildman–Crippen MR) is 87.7 cm³/mol. The first-order chi connectivity index (χ1) is 10.5. The van der Waals surface area contributed by atoms with Crippen molar-refractivity contribution in [1.82, 2.24) is 4.31 Å². The van der Waals surface area contributed by atoms with Crippen molar-refractivity contribution in [2.75, 3.05) is 25.4 Å². The minimum absolute atomic E-state index is 0.0372. The molecule has 1 fully saturated rings. The Morgan fingerprint density at radius 1 is 1.36 bits per heavy atom. The molecule has 7 heteroatoms. The van der Waals surface area contributed by atoms with E-state index in [1.165, 1.54) is 16.4 Å². The maximum atomic E-state index is 12.9. The second-order valence-corrected chi connectivity index (χ2v) is 8.30. The van der Waals surface area contributed by atoms with Crippen LogP contribution in [0.15, 0.2) is 29.2 Å². The zero-order valence-corrected chi connectivity index (χ0v) is 14.5. The van der Waals surface area contributed by atoms with Crippen molar-refractivity contribution in [2.45, 2.75) is 30.4 Å². The summed E-state index contributed by atoms with van der Waals surface area (Å²) >= 11 is 1.80. The Hall–Kier alpha value is -1.05. The van der Waals surface area contributed by atoms with E-state index in [1.54, 1.807) is 30.8 Å². The molecule has 0 spiro atoms. The van der Waals surface area contributed by atoms with E-state index in [0.29, 0.717) is 18.3 Å². The third-order valence-electron chi connectivity index (χ3n) is 3.56. The van der Waals surface area contributed by atoms with Gasteiger partial charge in [-0.2, -0.15) is 16.1 Å². The number of nitrogens with zero attached hydrogens (tertiary/aromatic N) is 1. The van der Waals surface area contributed by atoms with E-state index in [4.69, 9.17) is 4.74 Å². The molecular weight excluding hydrogens is 322 g/mol. The molecule has 1 aliphatic rings. The van der Waals surface area contributed by atoms with Gasteiger partial charge in [-0.1, -0.05) is 19.1 Å². The maximum Gasteiger partial charge on any atom is 0.339 e. The van der Waals surface area contributed by atoms with Crippen molar-refractivity contribution < 1.29 is 17.9 Å². The molecule has 0 bridgehead atoms. The van der Waals surface area contributed by atoms with Gasteiger partial charge in [-0.05, 0) is 25.5 Å². The predicted octanol–water partition coefficient (Wildman–Crippen LogP) is 2.38. The second-order valence-electron chi connectivity index (χ2n) is 4.98. The Kier molecular flexibility index (Phi) is 5.88. The van der Waals surface area contributed by atoms with Crippen molar-refractivity contribution >= 4 is 27.8 Å². The molecule has 5 nitrogen and oxygen atoms in total. The Labute approximate surface area is 136 Å². The summed E-state index contributed by atoms with van der Waals surface area (Å²) in [6.07, 6.45) is 0.927. The molecule has 122 valence electrons. The van der Waals surface area contributed by atoms with E-state index >= 15 is 0 Å². The summed E-state index contributed by atoms with van der Waals surface area (Å²) in [6.45, 7) is 4.93. The van der Waals surface area contributed by atoms with Gasteiger partial charge in [0.05, 0.1) is 17.1 Å². The lowest BCUT2D eigenvalue weighted by atomic mass is 10.2. The lowest BCUT2D eigenvalue weighted by Crippen LogP contribution is -2.42. The summed E-state index contributed by atoms with van der Waals surface area (Å²) < 4.78 is 32.2. The number of ether oxygens (including phenoxy) is 1. The van der Waals surface area contributed by atoms with Gasteiger partial charge in [-0.25, -0.2) is 13.2 Å². The Bertz CT molecular complexity index is 630. The van der Waals surface area contributed by atoms with E-state index in [1.807, 2.05) is 0 Å². The number of hydrogen-bond donors (Lipinski definition) is 0. The average Bonchev–Trinajstić information content (AvgIpc) is 2.55. The van der Waals surface area contributed by atoms with E-state index < -0.39 is 16.0 Å². The van der Waals surface area contributed by atoms with Crippen LogP contribution in [-0.2, 0) is 14.8 Å². The van der Waals surface area contributed by atoms with Gasteiger partial charge in [0.15, 0.2) is 0 Å². The number of thioether (sulfide) groups is 1. The first-order valence-corrected chi connectivity index (χ1v) is 9.87. The Morgan fingerprint density at radius 3 is 2.77 bits per heavy atom. The molecule has 0 aromatic heterocycles. The summed E-state index contributed by atoms with van der Waals surface area (Å²) in [6, 6.07) is 6.25. The molecule has 1 atom stereocenters. The highest BCUT2D eigenvalue weighted by Crippen LogP contribution is 2.27. The van der Waals surface area contributed by atoms with Crippen molar-refractivity contribution in [2.24, 2.45) is 0 Å². The van der Waals surface area contributed by atoms with Crippen molar-refractivity contribution in [3.8, 4) is 0 Å². The van der Waals surface area contributed by atoms with Crippen LogP contribution in [0.5, 0.6) is 0 Å². The van der Waals surface area contributed by atoms with E-state index in [2.05, 4.69) is 6.92 Å². The summed E-state index contributed by atoms with van der Waals surface area (Å²) in [7, 11) is -3.68. The number of carbonyl (C=O) groups excluding carboxylic acids is 1. The third-order valence-corrected chi connectivity index (χ3v) is 6.85. The van der Waals surface area contributed by atoms with Crippen LogP contribution in [0.4, 0.5) is 0 Å². The van der Waals surface area contributed by atoms with Crippen LogP contribution in [0.3, 0.4) is 0 Å². The molecule has 1 heterocycles. The van der Waals surface area contributed by atoms with Crippen molar-refractivity contribution in [3.05, 3.63) is 29.8 Å². The summed E-state index contributed by atoms with van der Waals surface area (Å²) in [5.41, 5.74) is 0.107. The molecule has 2 rings (SSSR count). The fourth-order valence-electron chi connectivity index (χ4n) is 2.37. The summed E-state index contributed by atoms with van der Waals surface area (Å²) in [4.78, 5) is 12.0. The molecule has 0 amide bonds. The Balaban J connectivity index is 2.35. The summed E-state index contributed by atoms with van der Waals surface area (Å²) in [5.74, 6) is 0.180. The smallest absolute Gasteiger partial charge is 0.339 e. The van der Waals surface area contributed by atoms with E-state index in [-0.39, 0.29) is 17.1 Å². The van der Waals surface area contributed by atoms with Gasteiger partial charge in [0.25, 0.3) is 0 Å². The first-order valence-electron chi connectivity index (χ1n) is 7.38. The molecule has 0 aliphatic carbocycles. The molecule has 0 N–H and O–H groups in total. The number of rotatable bonds is 5. The number of carbonyl (C=O) groups is 1. The van der Waals surface area contributed by atoms with Crippen LogP contribution in [0.25, 0.3) is 0 Å². The second kappa shape index (κ2) is 7.48. The topological polar surface area (TPSA) is 63.7 Å². The Morgan fingerprint density at radius 2 is 2.09 bits per heavy atom. The van der Waals surface area contributed by atoms with E-state index in [9.17, 15) is 13.2 Å². The van der Waals surface area contributed by atoms with Gasteiger partial charge >= 0.3 is 5.97 Å². The normalized spacial score (nSPS) is 19.8. The van der Waals surface area contributed by atoms with Gasteiger partial charge in [0.1, 0.15) is 0 Å². The maximum absolute atomic E-state index is 12.9. The highest BCUT2D eigenvalue weighted by Gasteiger charge is 2.32. The molecule has 1 aromatic rings. The third kappa shape index (κ3) is 3.64. The van der Waals surface area contributed by atoms with Gasteiger partial charge in [-0.3, -0.25) is 0 Å². The van der Waals surface area contributed by atoms with Crippen LogP contribution in [-0.4, -0.2) is 49.4 Å². The molecule has 22 heavy (non-hydrogen) atoms. The number of hydrogen-bond acceptors (Lipinski definition) is 5. The number of sulfonamides is 1. The number of benzene rings is 1. The van der Waals surface area contributed by atoms with Gasteiger partial charge in [0, 0.05) is 24.1 Å². The quantitative estimate of drug-likeness (QED) is 0.768. The average molecular weight is 343 g/mol. The fraction of sp³-hybridized carbons (Fsp3) is 0.533. The van der Waals surface area contributed by atoms with Crippen LogP contribution in [0.1, 0.15) is 30.6 Å². The molecule has 1 saturated heterocycles. The van der Waals surface area contributed by atoms with Crippen LogP contribution in [0.2, 0.25) is 0 Å². The first kappa shape index (κ1) is 17.3. The lowest BCUT2D eigenvalue weighted by molar-refractivity contribution is 0.0521. The monoisotopic (exact) mass is 343 g/mol. The molecule has 0 unspecified atom stereocenters. The van der Waals surface area contributed by atoms with Crippen LogP contribution < -0.4 is 0 Å². The van der Waals surface area contributed by atoms with Crippen molar-refractivity contribution in [1.29, 1.82) is 0 Å². The van der Waals surface area contributed by atoms with E-state index in [0.717, 1.165) is 12.2 Å². The van der Waals surface area contributed by atoms with Gasteiger partial charge in [-0.15, -0.1) is 0 Å². The van der Waals surface area contributed by atoms with Crippen LogP contribution in [0, 0.1) is 0 Å². The number of esters is 1. The van der Waals surface area contributed by atoms with Gasteiger partial charge < -0.3 is 4.74 Å². The highest BCUT2D eigenvalue weighted by molar-refractivity contribution is 8.00. The minimum atomic E-state index is -3.68. The molecule has 0 saturated carbocycles. The zero-order chi connectivity index (χ0) is 16.2. The lowest BCUT2D eigenvalue weighted by Gasteiger charge is -2.31. The molecule has 1 aromatic carbocycles. The standard InChI is InChI=1S/C15H21NO4S2/c1-3-12-11-16(9-10-21-12)22(18,19)14-8-6-5-7-13(14)15(17)20-4-2/h5-8,12H,3-4,9-11H2,1-2H3/t12-/m0/s1. The van der Waals surface area contributed by atoms with Crippen molar-refractivity contribution in [3.63, 3.8) is 0 Å². The molecular formula is C15H21NO4S2. The SMILES string of the molecule is CCOC(=O)c1ccccc1S(=O)(=O)N1CCS[C@@H](CC)C1. The van der Waals surface area contributed by atoms with Crippen LogP contribution >= 0.6 is 11.8 Å². The fourth-order valence-corrected chi connectivity index (χ4v) is 5.42. The van der Waals surface area contributed by atoms with Gasteiger partial charge in [0.2, 0.25) is 10.0 Å².